The molecule has 1 saturated heterocycles. The number of hydrogen-bond acceptors (Lipinski definition) is 3. The summed E-state index contributed by atoms with van der Waals surface area (Å²) < 4.78 is 27.5. The van der Waals surface area contributed by atoms with Crippen molar-refractivity contribution in [2.45, 2.75) is 44.0 Å². The Morgan fingerprint density at radius 2 is 1.75 bits per heavy atom. The Bertz CT molecular complexity index is 517. The molecule has 1 aliphatic rings. The summed E-state index contributed by atoms with van der Waals surface area (Å²) in [6.45, 7) is 7.18. The Balaban J connectivity index is 2.00. The second-order valence-electron chi connectivity index (χ2n) is 5.33. The van der Waals surface area contributed by atoms with Crippen LogP contribution in [0.1, 0.15) is 32.3 Å². The van der Waals surface area contributed by atoms with Crippen LogP contribution in [0.2, 0.25) is 0 Å². The number of likely N-dealkylation sites (tertiary alicyclic amines) is 1. The summed E-state index contributed by atoms with van der Waals surface area (Å²) in [7, 11) is -3.38. The minimum absolute atomic E-state index is 0.0636. The third kappa shape index (κ3) is 3.81. The molecule has 0 bridgehead atoms. The molecule has 5 heteroatoms. The molecular formula is C15H24N2O2S. The maximum atomic E-state index is 12.3. The lowest BCUT2D eigenvalue weighted by atomic mass is 10.1. The molecule has 1 fully saturated rings. The summed E-state index contributed by atoms with van der Waals surface area (Å²) in [5.74, 6) is 0. The van der Waals surface area contributed by atoms with E-state index in [4.69, 9.17) is 0 Å². The molecule has 0 saturated carbocycles. The van der Waals surface area contributed by atoms with Crippen LogP contribution in [0, 0.1) is 0 Å². The SMILES string of the molecule is CCc1ccc(S(=O)(=O)NC2CCN(CC)CC2)cc1. The van der Waals surface area contributed by atoms with Gasteiger partial charge in [0.15, 0.2) is 0 Å². The van der Waals surface area contributed by atoms with Gasteiger partial charge in [0.05, 0.1) is 4.90 Å². The predicted octanol–water partition coefficient (Wildman–Crippen LogP) is 2.01. The van der Waals surface area contributed by atoms with Crippen LogP contribution >= 0.6 is 0 Å². The molecule has 112 valence electrons. The number of aryl methyl sites for hydroxylation is 1. The van der Waals surface area contributed by atoms with E-state index < -0.39 is 10.0 Å². The van der Waals surface area contributed by atoms with Gasteiger partial charge in [-0.15, -0.1) is 0 Å². The second-order valence-corrected chi connectivity index (χ2v) is 7.04. The van der Waals surface area contributed by atoms with E-state index in [0.29, 0.717) is 4.90 Å². The average molecular weight is 296 g/mol. The number of sulfonamides is 1. The molecule has 20 heavy (non-hydrogen) atoms. The van der Waals surface area contributed by atoms with Crippen molar-refractivity contribution >= 4 is 10.0 Å². The Labute approximate surface area is 122 Å². The molecule has 1 aromatic rings. The monoisotopic (exact) mass is 296 g/mol. The van der Waals surface area contributed by atoms with Gasteiger partial charge in [-0.05, 0) is 56.6 Å². The Hall–Kier alpha value is -0.910. The smallest absolute Gasteiger partial charge is 0.240 e. The van der Waals surface area contributed by atoms with E-state index in [1.165, 1.54) is 0 Å². The molecule has 0 unspecified atom stereocenters. The first-order chi connectivity index (χ1) is 9.55. The van der Waals surface area contributed by atoms with E-state index in [1.54, 1.807) is 12.1 Å². The van der Waals surface area contributed by atoms with Gasteiger partial charge in [-0.3, -0.25) is 0 Å². The van der Waals surface area contributed by atoms with Crippen LogP contribution < -0.4 is 4.72 Å². The van der Waals surface area contributed by atoms with Crippen molar-refractivity contribution in [3.8, 4) is 0 Å². The summed E-state index contributed by atoms with van der Waals surface area (Å²) in [6.07, 6.45) is 2.70. The molecule has 1 heterocycles. The quantitative estimate of drug-likeness (QED) is 0.904. The third-order valence-electron chi connectivity index (χ3n) is 4.00. The lowest BCUT2D eigenvalue weighted by molar-refractivity contribution is 0.217. The van der Waals surface area contributed by atoms with Crippen LogP contribution in [0.15, 0.2) is 29.2 Å². The van der Waals surface area contributed by atoms with Crippen LogP contribution in [0.25, 0.3) is 0 Å². The van der Waals surface area contributed by atoms with Gasteiger partial charge in [-0.2, -0.15) is 0 Å². The molecule has 0 aliphatic carbocycles. The van der Waals surface area contributed by atoms with E-state index in [1.807, 2.05) is 12.1 Å². The van der Waals surface area contributed by atoms with Crippen LogP contribution in [0.3, 0.4) is 0 Å². The molecule has 4 nitrogen and oxygen atoms in total. The van der Waals surface area contributed by atoms with Crippen LogP contribution in [-0.2, 0) is 16.4 Å². The number of benzene rings is 1. The number of piperidine rings is 1. The van der Waals surface area contributed by atoms with Crippen LogP contribution in [0.4, 0.5) is 0 Å². The van der Waals surface area contributed by atoms with Gasteiger partial charge in [0.2, 0.25) is 10.0 Å². The summed E-state index contributed by atoms with van der Waals surface area (Å²) in [4.78, 5) is 2.72. The van der Waals surface area contributed by atoms with Gasteiger partial charge in [0.1, 0.15) is 0 Å². The van der Waals surface area contributed by atoms with E-state index in [-0.39, 0.29) is 6.04 Å². The normalized spacial score (nSPS) is 18.3. The second kappa shape index (κ2) is 6.70. The molecule has 1 aliphatic heterocycles. The van der Waals surface area contributed by atoms with Crippen molar-refractivity contribution in [3.05, 3.63) is 29.8 Å². The highest BCUT2D eigenvalue weighted by molar-refractivity contribution is 7.89. The number of hydrogen-bond donors (Lipinski definition) is 1. The maximum absolute atomic E-state index is 12.3. The summed E-state index contributed by atoms with van der Waals surface area (Å²) in [5, 5.41) is 0. The Morgan fingerprint density at radius 1 is 1.15 bits per heavy atom. The average Bonchev–Trinajstić information content (AvgIpc) is 2.48. The Morgan fingerprint density at radius 3 is 2.25 bits per heavy atom. The van der Waals surface area contributed by atoms with Gasteiger partial charge < -0.3 is 4.90 Å². The van der Waals surface area contributed by atoms with E-state index in [9.17, 15) is 8.42 Å². The standard InChI is InChI=1S/C15H24N2O2S/c1-3-13-5-7-15(8-6-13)20(18,19)16-14-9-11-17(4-2)12-10-14/h5-8,14,16H,3-4,9-12H2,1-2H3. The zero-order valence-corrected chi connectivity index (χ0v) is 13.1. The van der Waals surface area contributed by atoms with Crippen molar-refractivity contribution in [2.75, 3.05) is 19.6 Å². The van der Waals surface area contributed by atoms with E-state index in [0.717, 1.165) is 44.5 Å². The minimum atomic E-state index is -3.38. The lowest BCUT2D eigenvalue weighted by Gasteiger charge is -2.31. The van der Waals surface area contributed by atoms with Gasteiger partial charge in [0, 0.05) is 6.04 Å². The van der Waals surface area contributed by atoms with E-state index >= 15 is 0 Å². The lowest BCUT2D eigenvalue weighted by Crippen LogP contribution is -2.44. The summed E-state index contributed by atoms with van der Waals surface area (Å²) in [5.41, 5.74) is 1.15. The van der Waals surface area contributed by atoms with Crippen LogP contribution in [0.5, 0.6) is 0 Å². The van der Waals surface area contributed by atoms with Crippen LogP contribution in [-0.4, -0.2) is 39.0 Å². The molecule has 1 aromatic carbocycles. The maximum Gasteiger partial charge on any atom is 0.240 e. The largest absolute Gasteiger partial charge is 0.303 e. The fraction of sp³-hybridized carbons (Fsp3) is 0.600. The first kappa shape index (κ1) is 15.5. The van der Waals surface area contributed by atoms with Crippen molar-refractivity contribution in [1.82, 2.24) is 9.62 Å². The molecular weight excluding hydrogens is 272 g/mol. The number of nitrogens with zero attached hydrogens (tertiary/aromatic N) is 1. The molecule has 0 radical (unpaired) electrons. The Kier molecular flexibility index (Phi) is 5.18. The topological polar surface area (TPSA) is 49.4 Å². The first-order valence-corrected chi connectivity index (χ1v) is 8.87. The zero-order chi connectivity index (χ0) is 14.6. The van der Waals surface area contributed by atoms with Crippen molar-refractivity contribution < 1.29 is 8.42 Å². The number of nitrogens with one attached hydrogen (secondary N) is 1. The summed E-state index contributed by atoms with van der Waals surface area (Å²) in [6, 6.07) is 7.22. The van der Waals surface area contributed by atoms with Gasteiger partial charge in [-0.1, -0.05) is 26.0 Å². The fourth-order valence-corrected chi connectivity index (χ4v) is 3.86. The summed E-state index contributed by atoms with van der Waals surface area (Å²) >= 11 is 0. The number of rotatable bonds is 5. The van der Waals surface area contributed by atoms with Gasteiger partial charge >= 0.3 is 0 Å². The third-order valence-corrected chi connectivity index (χ3v) is 5.53. The van der Waals surface area contributed by atoms with Crippen molar-refractivity contribution in [2.24, 2.45) is 0 Å². The van der Waals surface area contributed by atoms with Gasteiger partial charge in [-0.25, -0.2) is 13.1 Å². The highest BCUT2D eigenvalue weighted by atomic mass is 32.2. The minimum Gasteiger partial charge on any atom is -0.303 e. The molecule has 1 N–H and O–H groups in total. The van der Waals surface area contributed by atoms with Crippen molar-refractivity contribution in [3.63, 3.8) is 0 Å². The fourth-order valence-electron chi connectivity index (χ4n) is 2.56. The molecule has 2 rings (SSSR count). The van der Waals surface area contributed by atoms with Gasteiger partial charge in [0.25, 0.3) is 0 Å². The first-order valence-electron chi connectivity index (χ1n) is 7.38. The van der Waals surface area contributed by atoms with E-state index in [2.05, 4.69) is 23.5 Å². The molecule has 0 atom stereocenters. The molecule has 0 aromatic heterocycles. The molecule has 0 amide bonds. The predicted molar refractivity (Wildman–Crippen MR) is 81.3 cm³/mol. The van der Waals surface area contributed by atoms with Crippen molar-refractivity contribution in [1.29, 1.82) is 0 Å². The zero-order valence-electron chi connectivity index (χ0n) is 12.3. The highest BCUT2D eigenvalue weighted by Gasteiger charge is 2.23. The highest BCUT2D eigenvalue weighted by Crippen LogP contribution is 2.15. The molecule has 0 spiro atoms.